The second kappa shape index (κ2) is 8.00. The largest absolute Gasteiger partial charge is 0.494 e. The highest BCUT2D eigenvalue weighted by molar-refractivity contribution is 7.92. The summed E-state index contributed by atoms with van der Waals surface area (Å²) in [6, 6.07) is 2.79. The fourth-order valence-corrected chi connectivity index (χ4v) is 4.71. The van der Waals surface area contributed by atoms with E-state index in [0.717, 1.165) is 3.97 Å². The van der Waals surface area contributed by atoms with E-state index in [0.29, 0.717) is 0 Å². The number of carbonyl (C=O) groups excluding carboxylic acids is 1. The number of nitrogens with zero attached hydrogens (tertiary/aromatic N) is 1. The maximum atomic E-state index is 12.6. The lowest BCUT2D eigenvalue weighted by molar-refractivity contribution is 0.0528. The number of benzene rings is 1. The molecule has 0 saturated heterocycles. The van der Waals surface area contributed by atoms with E-state index >= 15 is 0 Å². The maximum Gasteiger partial charge on any atom is 0.340 e. The Morgan fingerprint density at radius 3 is 2.25 bits per heavy atom. The molecule has 0 unspecified atom stereocenters. The molecule has 1 heterocycles. The summed E-state index contributed by atoms with van der Waals surface area (Å²) in [5, 5.41) is 0.252. The molecule has 28 heavy (non-hydrogen) atoms. The van der Waals surface area contributed by atoms with Crippen LogP contribution in [0.2, 0.25) is 0 Å². The number of esters is 1. The third kappa shape index (κ3) is 3.95. The molecule has 0 amide bonds. The van der Waals surface area contributed by atoms with E-state index in [-0.39, 0.29) is 51.7 Å². The minimum Gasteiger partial charge on any atom is -0.494 e. The van der Waals surface area contributed by atoms with Gasteiger partial charge in [-0.3, -0.25) is 4.72 Å². The number of rotatable bonds is 8. The lowest BCUT2D eigenvalue weighted by Crippen LogP contribution is -2.17. The van der Waals surface area contributed by atoms with Crippen molar-refractivity contribution in [2.45, 2.75) is 27.7 Å². The van der Waals surface area contributed by atoms with Crippen LogP contribution in [0.1, 0.15) is 36.8 Å². The normalized spacial score (nSPS) is 12.2. The number of sulfonamides is 1. The minimum absolute atomic E-state index is 0.0634. The summed E-state index contributed by atoms with van der Waals surface area (Å²) >= 11 is 0. The Balaban J connectivity index is 2.94. The SMILES string of the molecule is CCOC(=O)c1c(C)n(S(=O)(=O)CC)c2cc(OC)c(NS(=O)(=O)CC)cc12. The first-order valence-electron chi connectivity index (χ1n) is 8.66. The first-order chi connectivity index (χ1) is 13.0. The van der Waals surface area contributed by atoms with Crippen molar-refractivity contribution in [3.05, 3.63) is 23.4 Å². The van der Waals surface area contributed by atoms with Gasteiger partial charge >= 0.3 is 5.97 Å². The number of carbonyl (C=O) groups is 1. The van der Waals surface area contributed by atoms with Gasteiger partial charge in [0.15, 0.2) is 0 Å². The third-order valence-electron chi connectivity index (χ3n) is 4.24. The van der Waals surface area contributed by atoms with E-state index in [2.05, 4.69) is 4.72 Å². The van der Waals surface area contributed by atoms with Crippen molar-refractivity contribution in [2.75, 3.05) is 29.9 Å². The van der Waals surface area contributed by atoms with E-state index in [9.17, 15) is 21.6 Å². The van der Waals surface area contributed by atoms with Gasteiger partial charge in [-0.1, -0.05) is 0 Å². The van der Waals surface area contributed by atoms with Gasteiger partial charge in [0, 0.05) is 17.1 Å². The summed E-state index contributed by atoms with van der Waals surface area (Å²) < 4.78 is 63.1. The molecule has 0 aliphatic carbocycles. The van der Waals surface area contributed by atoms with Crippen LogP contribution in [0.3, 0.4) is 0 Å². The topological polar surface area (TPSA) is 121 Å². The number of methoxy groups -OCH3 is 1. The van der Waals surface area contributed by atoms with Gasteiger partial charge in [-0.2, -0.15) is 0 Å². The van der Waals surface area contributed by atoms with E-state index in [4.69, 9.17) is 9.47 Å². The van der Waals surface area contributed by atoms with Crippen molar-refractivity contribution in [3.8, 4) is 5.75 Å². The second-order valence-electron chi connectivity index (χ2n) is 5.92. The van der Waals surface area contributed by atoms with Crippen LogP contribution in [0.5, 0.6) is 5.75 Å². The van der Waals surface area contributed by atoms with Crippen LogP contribution in [-0.4, -0.2) is 52.0 Å². The van der Waals surface area contributed by atoms with Crippen LogP contribution < -0.4 is 9.46 Å². The summed E-state index contributed by atoms with van der Waals surface area (Å²) in [4.78, 5) is 12.5. The Morgan fingerprint density at radius 2 is 1.75 bits per heavy atom. The molecule has 11 heteroatoms. The molecule has 9 nitrogen and oxygen atoms in total. The van der Waals surface area contributed by atoms with Gasteiger partial charge in [-0.05, 0) is 33.8 Å². The molecule has 2 rings (SSSR count). The standard InChI is InChI=1S/C17H24N2O7S2/c1-6-26-17(20)16-11(4)19(28(23,24)8-3)14-10-15(25-5)13(9-12(14)16)18-27(21,22)7-2/h9-10,18H,6-8H2,1-5H3. The lowest BCUT2D eigenvalue weighted by atomic mass is 10.1. The molecule has 0 aliphatic heterocycles. The van der Waals surface area contributed by atoms with Gasteiger partial charge in [0.1, 0.15) is 5.75 Å². The van der Waals surface area contributed by atoms with Crippen molar-refractivity contribution < 1.29 is 31.1 Å². The molecule has 1 aromatic heterocycles. The molecule has 0 spiro atoms. The van der Waals surface area contributed by atoms with E-state index in [1.54, 1.807) is 6.92 Å². The molecule has 0 atom stereocenters. The second-order valence-corrected chi connectivity index (χ2v) is 10.0. The third-order valence-corrected chi connectivity index (χ3v) is 7.29. The van der Waals surface area contributed by atoms with Crippen molar-refractivity contribution in [3.63, 3.8) is 0 Å². The summed E-state index contributed by atoms with van der Waals surface area (Å²) in [5.41, 5.74) is 0.563. The monoisotopic (exact) mass is 432 g/mol. The average Bonchev–Trinajstić information content (AvgIpc) is 2.92. The first kappa shape index (κ1) is 22.0. The molecule has 0 saturated carbocycles. The van der Waals surface area contributed by atoms with Crippen molar-refractivity contribution in [1.29, 1.82) is 0 Å². The smallest absolute Gasteiger partial charge is 0.340 e. The molecule has 0 bridgehead atoms. The predicted molar refractivity (Wildman–Crippen MR) is 107 cm³/mol. The van der Waals surface area contributed by atoms with Crippen molar-refractivity contribution in [2.24, 2.45) is 0 Å². The molecule has 156 valence electrons. The van der Waals surface area contributed by atoms with Crippen LogP contribution in [-0.2, 0) is 24.8 Å². The Morgan fingerprint density at radius 1 is 1.11 bits per heavy atom. The van der Waals surface area contributed by atoms with Crippen LogP contribution >= 0.6 is 0 Å². The zero-order valence-electron chi connectivity index (χ0n) is 16.4. The van der Waals surface area contributed by atoms with Gasteiger partial charge in [-0.15, -0.1) is 0 Å². The van der Waals surface area contributed by atoms with E-state index in [1.807, 2.05) is 0 Å². The van der Waals surface area contributed by atoms with Crippen molar-refractivity contribution >= 4 is 42.6 Å². The van der Waals surface area contributed by atoms with Gasteiger partial charge in [0.05, 0.1) is 42.0 Å². The van der Waals surface area contributed by atoms with Crippen molar-refractivity contribution in [1.82, 2.24) is 3.97 Å². The highest BCUT2D eigenvalue weighted by Gasteiger charge is 2.28. The Hall–Kier alpha value is -2.27. The van der Waals surface area contributed by atoms with Gasteiger partial charge in [-0.25, -0.2) is 25.6 Å². The predicted octanol–water partition coefficient (Wildman–Crippen LogP) is 2.09. The molecule has 0 fully saturated rings. The number of hydrogen-bond donors (Lipinski definition) is 1. The number of hydrogen-bond acceptors (Lipinski definition) is 7. The van der Waals surface area contributed by atoms with Gasteiger partial charge in [0.2, 0.25) is 20.0 Å². The molecule has 1 N–H and O–H groups in total. The average molecular weight is 433 g/mol. The molecule has 1 aromatic carbocycles. The Bertz CT molecular complexity index is 1120. The summed E-state index contributed by atoms with van der Waals surface area (Å²) in [6.07, 6.45) is 0. The lowest BCUT2D eigenvalue weighted by Gasteiger charge is -2.13. The highest BCUT2D eigenvalue weighted by Crippen LogP contribution is 2.36. The van der Waals surface area contributed by atoms with Crippen LogP contribution in [0.15, 0.2) is 12.1 Å². The van der Waals surface area contributed by atoms with Gasteiger partial charge in [0.25, 0.3) is 0 Å². The molecule has 0 aliphatic rings. The summed E-state index contributed by atoms with van der Waals surface area (Å²) in [5.74, 6) is -0.912. The minimum atomic E-state index is -3.75. The number of anilines is 1. The zero-order valence-corrected chi connectivity index (χ0v) is 18.0. The summed E-state index contributed by atoms with van der Waals surface area (Å²) in [7, 11) is -6.03. The molecular formula is C17H24N2O7S2. The fraction of sp³-hybridized carbons (Fsp3) is 0.471. The van der Waals surface area contributed by atoms with Crippen LogP contribution in [0.4, 0.5) is 5.69 Å². The maximum absolute atomic E-state index is 12.6. The van der Waals surface area contributed by atoms with E-state index in [1.165, 1.54) is 40.0 Å². The quantitative estimate of drug-likeness (QED) is 0.634. The first-order valence-corrected chi connectivity index (χ1v) is 11.9. The molecule has 0 radical (unpaired) electrons. The number of ether oxygens (including phenoxy) is 2. The summed E-state index contributed by atoms with van der Waals surface area (Å²) in [6.45, 7) is 6.22. The number of fused-ring (bicyclic) bond motifs is 1. The molecule has 2 aromatic rings. The van der Waals surface area contributed by atoms with Crippen LogP contribution in [0.25, 0.3) is 10.9 Å². The Labute approximate surface area is 164 Å². The molecular weight excluding hydrogens is 408 g/mol. The fourth-order valence-electron chi connectivity index (χ4n) is 2.85. The Kier molecular flexibility index (Phi) is 6.29. The highest BCUT2D eigenvalue weighted by atomic mass is 32.2. The van der Waals surface area contributed by atoms with E-state index < -0.39 is 26.0 Å². The van der Waals surface area contributed by atoms with Crippen LogP contribution in [0, 0.1) is 6.92 Å². The zero-order chi connectivity index (χ0) is 21.3. The van der Waals surface area contributed by atoms with Gasteiger partial charge < -0.3 is 9.47 Å². The number of aromatic nitrogens is 1. The number of nitrogens with one attached hydrogen (secondary N) is 1.